The molecule has 0 saturated carbocycles. The normalized spacial score (nSPS) is 10.8. The van der Waals surface area contributed by atoms with Gasteiger partial charge in [-0.05, 0) is 30.7 Å². The second-order valence-corrected chi connectivity index (χ2v) is 6.49. The van der Waals surface area contributed by atoms with Crippen molar-refractivity contribution in [3.63, 3.8) is 0 Å². The summed E-state index contributed by atoms with van der Waals surface area (Å²) in [5, 5.41) is 8.53. The third kappa shape index (κ3) is 3.44. The molecule has 0 fully saturated rings. The highest BCUT2D eigenvalue weighted by molar-refractivity contribution is 8.01. The van der Waals surface area contributed by atoms with Crippen LogP contribution in [0.4, 0.5) is 13.9 Å². The van der Waals surface area contributed by atoms with Crippen LogP contribution in [0.3, 0.4) is 0 Å². The summed E-state index contributed by atoms with van der Waals surface area (Å²) in [4.78, 5) is 1.73. The lowest BCUT2D eigenvalue weighted by atomic mass is 10.1. The van der Waals surface area contributed by atoms with Crippen LogP contribution in [-0.2, 0) is 6.42 Å². The average molecular weight is 316 g/mol. The van der Waals surface area contributed by atoms with Crippen molar-refractivity contribution in [2.45, 2.75) is 15.7 Å². The van der Waals surface area contributed by atoms with E-state index in [9.17, 15) is 8.78 Å². The largest absolute Gasteiger partial charge is 0.353 e. The number of hydrogen-bond acceptors (Lipinski definition) is 6. The summed E-state index contributed by atoms with van der Waals surface area (Å²) >= 11 is 2.22. The highest BCUT2D eigenvalue weighted by atomic mass is 32.2. The topological polar surface area (TPSA) is 55.0 Å². The Kier molecular flexibility index (Phi) is 4.90. The van der Waals surface area contributed by atoms with E-state index in [1.54, 1.807) is 4.90 Å². The lowest BCUT2D eigenvalue weighted by Crippen LogP contribution is -2.07. The zero-order valence-corrected chi connectivity index (χ0v) is 12.7. The Labute approximate surface area is 124 Å². The zero-order chi connectivity index (χ0) is 14.7. The van der Waals surface area contributed by atoms with Crippen LogP contribution in [0.15, 0.2) is 21.4 Å². The number of aromatic nitrogens is 2. The lowest BCUT2D eigenvalue weighted by molar-refractivity contribution is 0.537. The van der Waals surface area contributed by atoms with Crippen molar-refractivity contribution < 1.29 is 8.78 Å². The van der Waals surface area contributed by atoms with E-state index in [2.05, 4.69) is 10.2 Å². The van der Waals surface area contributed by atoms with Crippen molar-refractivity contribution in [3.8, 4) is 0 Å². The Morgan fingerprint density at radius 1 is 1.25 bits per heavy atom. The molecule has 0 unspecified atom stereocenters. The first-order valence-corrected chi connectivity index (χ1v) is 7.51. The van der Waals surface area contributed by atoms with Gasteiger partial charge in [0.05, 0.1) is 4.90 Å². The Morgan fingerprint density at radius 3 is 2.40 bits per heavy atom. The van der Waals surface area contributed by atoms with Gasteiger partial charge in [-0.3, -0.25) is 0 Å². The average Bonchev–Trinajstić information content (AvgIpc) is 2.83. The third-order valence-electron chi connectivity index (χ3n) is 2.46. The van der Waals surface area contributed by atoms with E-state index in [0.717, 1.165) is 11.8 Å². The molecule has 0 spiro atoms. The molecule has 0 amide bonds. The van der Waals surface area contributed by atoms with Crippen LogP contribution in [0.1, 0.15) is 5.56 Å². The van der Waals surface area contributed by atoms with Crippen LogP contribution in [0, 0.1) is 11.6 Å². The number of nitrogens with two attached hydrogens (primary N) is 1. The summed E-state index contributed by atoms with van der Waals surface area (Å²) in [6.45, 7) is 0.355. The highest BCUT2D eigenvalue weighted by Crippen LogP contribution is 2.36. The number of rotatable bonds is 5. The van der Waals surface area contributed by atoms with Crippen molar-refractivity contribution in [3.05, 3.63) is 29.3 Å². The van der Waals surface area contributed by atoms with E-state index in [1.807, 2.05) is 14.1 Å². The molecule has 2 N–H and O–H groups in total. The molecular weight excluding hydrogens is 302 g/mol. The molecule has 108 valence electrons. The maximum atomic E-state index is 13.9. The van der Waals surface area contributed by atoms with Gasteiger partial charge in [0.15, 0.2) is 4.34 Å². The molecule has 1 aromatic heterocycles. The quantitative estimate of drug-likeness (QED) is 0.918. The smallest absolute Gasteiger partial charge is 0.208 e. The molecule has 0 aliphatic heterocycles. The Bertz CT molecular complexity index is 578. The molecule has 2 aromatic rings. The van der Waals surface area contributed by atoms with Gasteiger partial charge in [0.25, 0.3) is 0 Å². The minimum absolute atomic E-state index is 0.0628. The van der Waals surface area contributed by atoms with E-state index in [-0.39, 0.29) is 4.90 Å². The molecule has 2 rings (SSSR count). The number of nitrogens with zero attached hydrogens (tertiary/aromatic N) is 3. The molecule has 1 aromatic carbocycles. The first kappa shape index (κ1) is 15.1. The van der Waals surface area contributed by atoms with Crippen molar-refractivity contribution in [1.29, 1.82) is 0 Å². The molecule has 0 atom stereocenters. The van der Waals surface area contributed by atoms with Gasteiger partial charge in [-0.25, -0.2) is 8.78 Å². The van der Waals surface area contributed by atoms with Gasteiger partial charge in [-0.15, -0.1) is 10.2 Å². The van der Waals surface area contributed by atoms with E-state index in [4.69, 9.17) is 5.73 Å². The Hall–Kier alpha value is -1.25. The van der Waals surface area contributed by atoms with Crippen LogP contribution >= 0.6 is 23.1 Å². The minimum Gasteiger partial charge on any atom is -0.353 e. The van der Waals surface area contributed by atoms with Crippen molar-refractivity contribution in [2.75, 3.05) is 25.5 Å². The number of benzene rings is 1. The molecular formula is C12H14F2N4S2. The van der Waals surface area contributed by atoms with Gasteiger partial charge in [-0.1, -0.05) is 23.1 Å². The predicted octanol–water partition coefficient (Wildman–Crippen LogP) is 2.53. The molecule has 0 saturated heterocycles. The number of halogens is 2. The first-order valence-electron chi connectivity index (χ1n) is 5.88. The fraction of sp³-hybridized carbons (Fsp3) is 0.333. The summed E-state index contributed by atoms with van der Waals surface area (Å²) in [6, 6.07) is 2.62. The fourth-order valence-electron chi connectivity index (χ4n) is 1.53. The van der Waals surface area contributed by atoms with Crippen LogP contribution < -0.4 is 10.6 Å². The summed E-state index contributed by atoms with van der Waals surface area (Å²) < 4.78 is 28.4. The summed E-state index contributed by atoms with van der Waals surface area (Å²) in [5.74, 6) is -1.19. The molecule has 0 aliphatic rings. The SMILES string of the molecule is CN(C)c1nnc(Sc2c(F)cc(CCN)cc2F)s1. The molecule has 20 heavy (non-hydrogen) atoms. The van der Waals surface area contributed by atoms with E-state index < -0.39 is 11.6 Å². The molecule has 1 heterocycles. The first-order chi connectivity index (χ1) is 9.51. The van der Waals surface area contributed by atoms with Gasteiger partial charge in [-0.2, -0.15) is 0 Å². The lowest BCUT2D eigenvalue weighted by Gasteiger charge is -2.06. The Balaban J connectivity index is 2.24. The van der Waals surface area contributed by atoms with Crippen molar-refractivity contribution in [1.82, 2.24) is 10.2 Å². The standard InChI is InChI=1S/C12H14F2N4S2/c1-18(2)11-16-17-12(20-11)19-10-8(13)5-7(3-4-15)6-9(10)14/h5-6H,3-4,15H2,1-2H3. The maximum absolute atomic E-state index is 13.9. The molecule has 8 heteroatoms. The Morgan fingerprint density at radius 2 is 1.90 bits per heavy atom. The third-order valence-corrected chi connectivity index (χ3v) is 4.69. The van der Waals surface area contributed by atoms with Gasteiger partial charge >= 0.3 is 0 Å². The minimum atomic E-state index is -0.597. The highest BCUT2D eigenvalue weighted by Gasteiger charge is 2.15. The number of hydrogen-bond donors (Lipinski definition) is 1. The van der Waals surface area contributed by atoms with Gasteiger partial charge in [0, 0.05) is 14.1 Å². The second-order valence-electron chi connectivity index (χ2n) is 4.27. The molecule has 4 nitrogen and oxygen atoms in total. The summed E-state index contributed by atoms with van der Waals surface area (Å²) in [6.07, 6.45) is 0.447. The van der Waals surface area contributed by atoms with Crippen LogP contribution in [0.5, 0.6) is 0 Å². The molecule has 0 radical (unpaired) electrons. The van der Waals surface area contributed by atoms with Crippen LogP contribution in [0.2, 0.25) is 0 Å². The van der Waals surface area contributed by atoms with Crippen LogP contribution in [-0.4, -0.2) is 30.8 Å². The summed E-state index contributed by atoms with van der Waals surface area (Å²) in [5.41, 5.74) is 5.94. The van der Waals surface area contributed by atoms with E-state index in [0.29, 0.717) is 28.0 Å². The molecule has 0 bridgehead atoms. The number of anilines is 1. The monoisotopic (exact) mass is 316 g/mol. The van der Waals surface area contributed by atoms with Crippen molar-refractivity contribution >= 4 is 28.2 Å². The van der Waals surface area contributed by atoms with Crippen LogP contribution in [0.25, 0.3) is 0 Å². The van der Waals surface area contributed by atoms with Gasteiger partial charge in [0.1, 0.15) is 11.6 Å². The second kappa shape index (κ2) is 6.47. The van der Waals surface area contributed by atoms with Gasteiger partial charge in [0.2, 0.25) is 5.13 Å². The summed E-state index contributed by atoms with van der Waals surface area (Å²) in [7, 11) is 3.66. The van der Waals surface area contributed by atoms with Crippen molar-refractivity contribution in [2.24, 2.45) is 5.73 Å². The predicted molar refractivity (Wildman–Crippen MR) is 77.5 cm³/mol. The van der Waals surface area contributed by atoms with E-state index in [1.165, 1.54) is 23.5 Å². The zero-order valence-electron chi connectivity index (χ0n) is 11.1. The maximum Gasteiger partial charge on any atom is 0.208 e. The molecule has 0 aliphatic carbocycles. The van der Waals surface area contributed by atoms with Gasteiger partial charge < -0.3 is 10.6 Å². The van der Waals surface area contributed by atoms with E-state index >= 15 is 0 Å². The fourth-order valence-corrected chi connectivity index (χ4v) is 3.24.